The summed E-state index contributed by atoms with van der Waals surface area (Å²) in [5.74, 6) is 1.16. The van der Waals surface area contributed by atoms with Gasteiger partial charge < -0.3 is 20.1 Å². The van der Waals surface area contributed by atoms with Gasteiger partial charge in [0.05, 0.1) is 13.2 Å². The number of hydrogen-bond acceptors (Lipinski definition) is 4. The summed E-state index contributed by atoms with van der Waals surface area (Å²) in [7, 11) is 3.62. The minimum Gasteiger partial charge on any atom is -0.475 e. The summed E-state index contributed by atoms with van der Waals surface area (Å²) in [6.07, 6.45) is 4.10. The van der Waals surface area contributed by atoms with E-state index in [4.69, 9.17) is 15.2 Å². The maximum atomic E-state index is 5.97. The van der Waals surface area contributed by atoms with Crippen LogP contribution in [0.4, 0.5) is 0 Å². The number of nitrogens with two attached hydrogens (primary N) is 1. The lowest BCUT2D eigenvalue weighted by Gasteiger charge is -2.17. The van der Waals surface area contributed by atoms with Crippen LogP contribution in [0.15, 0.2) is 23.3 Å². The summed E-state index contributed by atoms with van der Waals surface area (Å²) >= 11 is 0. The summed E-state index contributed by atoms with van der Waals surface area (Å²) in [5, 5.41) is 0. The Balaban J connectivity index is 1.95. The number of ether oxygens (including phenoxy) is 2. The molecule has 1 heterocycles. The van der Waals surface area contributed by atoms with Gasteiger partial charge in [-0.25, -0.2) is 9.98 Å². The van der Waals surface area contributed by atoms with Crippen molar-refractivity contribution in [1.29, 1.82) is 0 Å². The molecule has 2 rings (SSSR count). The molecule has 0 unspecified atom stereocenters. The Labute approximate surface area is 119 Å². The second kappa shape index (κ2) is 7.09. The Bertz CT molecular complexity index is 460. The summed E-state index contributed by atoms with van der Waals surface area (Å²) in [4.78, 5) is 10.7. The molecule has 1 saturated carbocycles. The SMILES string of the molecule is COCCOc1ncccc1CN=C(N)N(C)C1CC1. The molecule has 1 aromatic rings. The van der Waals surface area contributed by atoms with Gasteiger partial charge >= 0.3 is 0 Å². The first-order chi connectivity index (χ1) is 9.72. The number of pyridine rings is 1. The third-order valence-corrected chi connectivity index (χ3v) is 3.24. The molecule has 6 heteroatoms. The van der Waals surface area contributed by atoms with E-state index in [1.807, 2.05) is 24.1 Å². The van der Waals surface area contributed by atoms with Crippen molar-refractivity contribution in [2.45, 2.75) is 25.4 Å². The molecule has 1 fully saturated rings. The van der Waals surface area contributed by atoms with Crippen LogP contribution in [0.1, 0.15) is 18.4 Å². The van der Waals surface area contributed by atoms with E-state index in [9.17, 15) is 0 Å². The molecule has 1 aliphatic rings. The van der Waals surface area contributed by atoms with Gasteiger partial charge in [0.1, 0.15) is 6.61 Å². The van der Waals surface area contributed by atoms with Crippen molar-refractivity contribution in [3.8, 4) is 5.88 Å². The molecule has 110 valence electrons. The van der Waals surface area contributed by atoms with Gasteiger partial charge in [0.25, 0.3) is 0 Å². The van der Waals surface area contributed by atoms with Gasteiger partial charge in [-0.3, -0.25) is 0 Å². The fourth-order valence-electron chi connectivity index (χ4n) is 1.82. The highest BCUT2D eigenvalue weighted by atomic mass is 16.5. The highest BCUT2D eigenvalue weighted by Crippen LogP contribution is 2.25. The molecular weight excluding hydrogens is 256 g/mol. The Morgan fingerprint density at radius 1 is 1.50 bits per heavy atom. The fourth-order valence-corrected chi connectivity index (χ4v) is 1.82. The summed E-state index contributed by atoms with van der Waals surface area (Å²) < 4.78 is 10.5. The molecule has 2 N–H and O–H groups in total. The van der Waals surface area contributed by atoms with Crippen molar-refractivity contribution in [1.82, 2.24) is 9.88 Å². The molecule has 1 aromatic heterocycles. The second-order valence-corrected chi connectivity index (χ2v) is 4.83. The number of methoxy groups -OCH3 is 1. The number of nitrogens with zero attached hydrogens (tertiary/aromatic N) is 3. The Morgan fingerprint density at radius 3 is 3.00 bits per heavy atom. The average molecular weight is 278 g/mol. The molecule has 0 saturated heterocycles. The van der Waals surface area contributed by atoms with Crippen molar-refractivity contribution in [3.05, 3.63) is 23.9 Å². The van der Waals surface area contributed by atoms with E-state index in [0.29, 0.717) is 37.6 Å². The third kappa shape index (κ3) is 4.09. The maximum absolute atomic E-state index is 5.97. The van der Waals surface area contributed by atoms with E-state index in [2.05, 4.69) is 9.98 Å². The van der Waals surface area contributed by atoms with Crippen LogP contribution in [0, 0.1) is 0 Å². The van der Waals surface area contributed by atoms with Crippen molar-refractivity contribution >= 4 is 5.96 Å². The van der Waals surface area contributed by atoms with Crippen LogP contribution in [-0.4, -0.2) is 49.3 Å². The van der Waals surface area contributed by atoms with Gasteiger partial charge in [0.15, 0.2) is 5.96 Å². The number of aromatic nitrogens is 1. The molecule has 0 aliphatic heterocycles. The topological polar surface area (TPSA) is 73.0 Å². The van der Waals surface area contributed by atoms with Crippen LogP contribution >= 0.6 is 0 Å². The molecule has 6 nitrogen and oxygen atoms in total. The Hall–Kier alpha value is -1.82. The normalized spacial score (nSPS) is 15.2. The fraction of sp³-hybridized carbons (Fsp3) is 0.571. The highest BCUT2D eigenvalue weighted by Gasteiger charge is 2.27. The van der Waals surface area contributed by atoms with Crippen LogP contribution < -0.4 is 10.5 Å². The van der Waals surface area contributed by atoms with Gasteiger partial charge in [-0.05, 0) is 18.9 Å². The smallest absolute Gasteiger partial charge is 0.218 e. The van der Waals surface area contributed by atoms with Crippen LogP contribution in [0.5, 0.6) is 5.88 Å². The van der Waals surface area contributed by atoms with Crippen molar-refractivity contribution in [2.24, 2.45) is 10.7 Å². The number of aliphatic imine (C=N–C) groups is 1. The minimum absolute atomic E-state index is 0.471. The van der Waals surface area contributed by atoms with Gasteiger partial charge in [-0.15, -0.1) is 0 Å². The van der Waals surface area contributed by atoms with Gasteiger partial charge in [0.2, 0.25) is 5.88 Å². The predicted octanol–water partition coefficient (Wildman–Crippen LogP) is 1.02. The number of guanidine groups is 1. The first kappa shape index (κ1) is 14.6. The van der Waals surface area contributed by atoms with E-state index in [-0.39, 0.29) is 0 Å². The Kier molecular flexibility index (Phi) is 5.17. The lowest BCUT2D eigenvalue weighted by molar-refractivity contribution is 0.143. The Morgan fingerprint density at radius 2 is 2.30 bits per heavy atom. The molecule has 0 spiro atoms. The van der Waals surface area contributed by atoms with Gasteiger partial charge in [-0.2, -0.15) is 0 Å². The molecule has 20 heavy (non-hydrogen) atoms. The third-order valence-electron chi connectivity index (χ3n) is 3.24. The second-order valence-electron chi connectivity index (χ2n) is 4.83. The van der Waals surface area contributed by atoms with E-state index in [1.165, 1.54) is 12.8 Å². The zero-order valence-electron chi connectivity index (χ0n) is 12.1. The summed E-state index contributed by atoms with van der Waals surface area (Å²) in [6.45, 7) is 1.48. The van der Waals surface area contributed by atoms with Crippen LogP contribution in [-0.2, 0) is 11.3 Å². The number of rotatable bonds is 7. The first-order valence-electron chi connectivity index (χ1n) is 6.80. The molecule has 0 amide bonds. The van der Waals surface area contributed by atoms with Crippen molar-refractivity contribution < 1.29 is 9.47 Å². The van der Waals surface area contributed by atoms with Crippen LogP contribution in [0.3, 0.4) is 0 Å². The van der Waals surface area contributed by atoms with Gasteiger partial charge in [-0.1, -0.05) is 6.07 Å². The van der Waals surface area contributed by atoms with E-state index in [0.717, 1.165) is 5.56 Å². The minimum atomic E-state index is 0.471. The lowest BCUT2D eigenvalue weighted by Crippen LogP contribution is -2.35. The monoisotopic (exact) mass is 278 g/mol. The number of hydrogen-bond donors (Lipinski definition) is 1. The molecule has 0 aromatic carbocycles. The molecule has 0 radical (unpaired) electrons. The summed E-state index contributed by atoms with van der Waals surface area (Å²) in [5.41, 5.74) is 6.90. The van der Waals surface area contributed by atoms with Crippen molar-refractivity contribution in [2.75, 3.05) is 27.4 Å². The van der Waals surface area contributed by atoms with Crippen LogP contribution in [0.2, 0.25) is 0 Å². The largest absolute Gasteiger partial charge is 0.475 e. The van der Waals surface area contributed by atoms with Gasteiger partial charge in [0, 0.05) is 32.0 Å². The average Bonchev–Trinajstić information content (AvgIpc) is 3.30. The summed E-state index contributed by atoms with van der Waals surface area (Å²) in [6, 6.07) is 4.38. The maximum Gasteiger partial charge on any atom is 0.218 e. The van der Waals surface area contributed by atoms with E-state index < -0.39 is 0 Å². The quantitative estimate of drug-likeness (QED) is 0.458. The highest BCUT2D eigenvalue weighted by molar-refractivity contribution is 5.78. The van der Waals surface area contributed by atoms with E-state index >= 15 is 0 Å². The zero-order chi connectivity index (χ0) is 14.4. The predicted molar refractivity (Wildman–Crippen MR) is 77.7 cm³/mol. The lowest BCUT2D eigenvalue weighted by atomic mass is 10.3. The zero-order valence-corrected chi connectivity index (χ0v) is 12.1. The first-order valence-corrected chi connectivity index (χ1v) is 6.80. The van der Waals surface area contributed by atoms with Crippen molar-refractivity contribution in [3.63, 3.8) is 0 Å². The molecule has 0 bridgehead atoms. The standard InChI is InChI=1S/C14H22N4O2/c1-18(12-5-6-12)14(15)17-10-11-4-3-7-16-13(11)20-9-8-19-2/h3-4,7,12H,5-6,8-10H2,1-2H3,(H2,15,17). The molecule has 0 atom stereocenters. The molecular formula is C14H22N4O2. The van der Waals surface area contributed by atoms with Crippen LogP contribution in [0.25, 0.3) is 0 Å². The van der Waals surface area contributed by atoms with E-state index in [1.54, 1.807) is 13.3 Å². The molecule has 1 aliphatic carbocycles.